The molecule has 0 amide bonds. The SMILES string of the molecule is CCn1nc(C)cc1C(O)/C1=C/CCCCCC1. The van der Waals surface area contributed by atoms with E-state index in [4.69, 9.17) is 0 Å². The second kappa shape index (κ2) is 6.19. The van der Waals surface area contributed by atoms with E-state index in [1.54, 1.807) is 0 Å². The van der Waals surface area contributed by atoms with Gasteiger partial charge in [0, 0.05) is 6.54 Å². The summed E-state index contributed by atoms with van der Waals surface area (Å²) >= 11 is 0. The van der Waals surface area contributed by atoms with Gasteiger partial charge in [-0.15, -0.1) is 0 Å². The molecule has 1 heterocycles. The van der Waals surface area contributed by atoms with Crippen LogP contribution in [0.5, 0.6) is 0 Å². The summed E-state index contributed by atoms with van der Waals surface area (Å²) in [6.45, 7) is 4.86. The third kappa shape index (κ3) is 3.02. The van der Waals surface area contributed by atoms with Gasteiger partial charge in [0.2, 0.25) is 0 Å². The zero-order chi connectivity index (χ0) is 13.0. The predicted molar refractivity (Wildman–Crippen MR) is 73.4 cm³/mol. The van der Waals surface area contributed by atoms with Crippen molar-refractivity contribution in [3.05, 3.63) is 29.1 Å². The minimum atomic E-state index is -0.468. The second-order valence-electron chi connectivity index (χ2n) is 5.16. The van der Waals surface area contributed by atoms with Gasteiger partial charge >= 0.3 is 0 Å². The summed E-state index contributed by atoms with van der Waals surface area (Å²) in [5.74, 6) is 0. The van der Waals surface area contributed by atoms with Crippen LogP contribution < -0.4 is 0 Å². The van der Waals surface area contributed by atoms with Crippen molar-refractivity contribution in [1.82, 2.24) is 9.78 Å². The average Bonchev–Trinajstić information content (AvgIpc) is 2.69. The van der Waals surface area contributed by atoms with E-state index in [1.807, 2.05) is 17.7 Å². The molecule has 1 N–H and O–H groups in total. The molecule has 1 aliphatic carbocycles. The molecule has 1 aromatic heterocycles. The van der Waals surface area contributed by atoms with Gasteiger partial charge in [0.15, 0.2) is 0 Å². The van der Waals surface area contributed by atoms with Crippen molar-refractivity contribution in [3.63, 3.8) is 0 Å². The number of aromatic nitrogens is 2. The lowest BCUT2D eigenvalue weighted by Crippen LogP contribution is -2.10. The van der Waals surface area contributed by atoms with Crippen LogP contribution in [-0.2, 0) is 6.54 Å². The normalized spacial score (nSPS) is 21.8. The van der Waals surface area contributed by atoms with Crippen LogP contribution in [0, 0.1) is 6.92 Å². The number of aryl methyl sites for hydroxylation is 2. The van der Waals surface area contributed by atoms with Crippen LogP contribution in [-0.4, -0.2) is 14.9 Å². The van der Waals surface area contributed by atoms with Crippen LogP contribution in [0.4, 0.5) is 0 Å². The smallest absolute Gasteiger partial charge is 0.117 e. The lowest BCUT2D eigenvalue weighted by atomic mass is 9.95. The number of allylic oxidation sites excluding steroid dienone is 1. The highest BCUT2D eigenvalue weighted by atomic mass is 16.3. The van der Waals surface area contributed by atoms with E-state index >= 15 is 0 Å². The first-order valence-corrected chi connectivity index (χ1v) is 7.13. The van der Waals surface area contributed by atoms with Gasteiger partial charge in [-0.3, -0.25) is 4.68 Å². The minimum Gasteiger partial charge on any atom is -0.382 e. The molecule has 100 valence electrons. The molecule has 0 fully saturated rings. The highest BCUT2D eigenvalue weighted by Crippen LogP contribution is 2.29. The average molecular weight is 248 g/mol. The molecule has 1 aromatic rings. The molecule has 0 aliphatic heterocycles. The maximum absolute atomic E-state index is 10.6. The maximum Gasteiger partial charge on any atom is 0.117 e. The van der Waals surface area contributed by atoms with E-state index in [0.29, 0.717) is 0 Å². The van der Waals surface area contributed by atoms with Crippen LogP contribution in [0.2, 0.25) is 0 Å². The number of aliphatic hydroxyl groups excluding tert-OH is 1. The summed E-state index contributed by atoms with van der Waals surface area (Å²) < 4.78 is 1.92. The Labute approximate surface area is 110 Å². The summed E-state index contributed by atoms with van der Waals surface area (Å²) in [6.07, 6.45) is 8.96. The molecule has 0 bridgehead atoms. The van der Waals surface area contributed by atoms with Gasteiger partial charge in [0.05, 0.1) is 11.4 Å². The van der Waals surface area contributed by atoms with Crippen LogP contribution in [0.15, 0.2) is 17.7 Å². The van der Waals surface area contributed by atoms with Crippen LogP contribution in [0.25, 0.3) is 0 Å². The van der Waals surface area contributed by atoms with Crippen molar-refractivity contribution < 1.29 is 5.11 Å². The van der Waals surface area contributed by atoms with Gasteiger partial charge in [0.25, 0.3) is 0 Å². The monoisotopic (exact) mass is 248 g/mol. The Morgan fingerprint density at radius 3 is 2.89 bits per heavy atom. The Kier molecular flexibility index (Phi) is 4.59. The molecule has 1 unspecified atom stereocenters. The Hall–Kier alpha value is -1.09. The zero-order valence-corrected chi connectivity index (χ0v) is 11.5. The van der Waals surface area contributed by atoms with Crippen LogP contribution in [0.3, 0.4) is 0 Å². The maximum atomic E-state index is 10.6. The van der Waals surface area contributed by atoms with Gasteiger partial charge in [-0.05, 0) is 51.2 Å². The topological polar surface area (TPSA) is 38.0 Å². The molecule has 18 heavy (non-hydrogen) atoms. The van der Waals surface area contributed by atoms with E-state index in [9.17, 15) is 5.11 Å². The van der Waals surface area contributed by atoms with Crippen molar-refractivity contribution in [2.45, 2.75) is 65.0 Å². The number of hydrogen-bond acceptors (Lipinski definition) is 2. The molecule has 2 rings (SSSR count). The van der Waals surface area contributed by atoms with Gasteiger partial charge in [-0.1, -0.05) is 18.9 Å². The molecule has 3 heteroatoms. The third-order valence-electron chi connectivity index (χ3n) is 3.69. The van der Waals surface area contributed by atoms with E-state index in [0.717, 1.165) is 30.8 Å². The van der Waals surface area contributed by atoms with E-state index in [2.05, 4.69) is 18.1 Å². The minimum absolute atomic E-state index is 0.468. The highest BCUT2D eigenvalue weighted by molar-refractivity contribution is 5.22. The summed E-state index contributed by atoms with van der Waals surface area (Å²) in [7, 11) is 0. The fraction of sp³-hybridized carbons (Fsp3) is 0.667. The van der Waals surface area contributed by atoms with Crippen LogP contribution >= 0.6 is 0 Å². The quantitative estimate of drug-likeness (QED) is 0.831. The van der Waals surface area contributed by atoms with E-state index in [1.165, 1.54) is 31.3 Å². The van der Waals surface area contributed by atoms with Gasteiger partial charge < -0.3 is 5.11 Å². The molecule has 0 saturated carbocycles. The molecule has 0 aromatic carbocycles. The van der Waals surface area contributed by atoms with Gasteiger partial charge in [-0.2, -0.15) is 5.10 Å². The van der Waals surface area contributed by atoms with Crippen LogP contribution in [0.1, 0.15) is 62.9 Å². The first kappa shape index (κ1) is 13.3. The molecule has 1 atom stereocenters. The number of hydrogen-bond donors (Lipinski definition) is 1. The molecule has 3 nitrogen and oxygen atoms in total. The van der Waals surface area contributed by atoms with Crippen molar-refractivity contribution >= 4 is 0 Å². The lowest BCUT2D eigenvalue weighted by Gasteiger charge is -2.18. The molecular formula is C15H24N2O. The van der Waals surface area contributed by atoms with Gasteiger partial charge in [0.1, 0.15) is 6.10 Å². The Morgan fingerprint density at radius 1 is 1.33 bits per heavy atom. The largest absolute Gasteiger partial charge is 0.382 e. The molecule has 0 radical (unpaired) electrons. The van der Waals surface area contributed by atoms with Crippen molar-refractivity contribution in [2.75, 3.05) is 0 Å². The van der Waals surface area contributed by atoms with Crippen molar-refractivity contribution in [3.8, 4) is 0 Å². The highest BCUT2D eigenvalue weighted by Gasteiger charge is 2.18. The molecule has 1 aliphatic rings. The van der Waals surface area contributed by atoms with Crippen molar-refractivity contribution in [1.29, 1.82) is 0 Å². The molecular weight excluding hydrogens is 224 g/mol. The first-order valence-electron chi connectivity index (χ1n) is 7.13. The predicted octanol–water partition coefficient (Wildman–Crippen LogP) is 3.53. The fourth-order valence-electron chi connectivity index (χ4n) is 2.69. The van der Waals surface area contributed by atoms with E-state index < -0.39 is 6.10 Å². The summed E-state index contributed by atoms with van der Waals surface area (Å²) in [4.78, 5) is 0. The third-order valence-corrected chi connectivity index (χ3v) is 3.69. The summed E-state index contributed by atoms with van der Waals surface area (Å²) in [6, 6.07) is 2.01. The zero-order valence-electron chi connectivity index (χ0n) is 11.5. The number of aliphatic hydroxyl groups is 1. The second-order valence-corrected chi connectivity index (χ2v) is 5.16. The lowest BCUT2D eigenvalue weighted by molar-refractivity contribution is 0.197. The summed E-state index contributed by atoms with van der Waals surface area (Å²) in [5.41, 5.74) is 3.11. The standard InChI is InChI=1S/C15H24N2O/c1-3-17-14(11-12(2)16-17)15(18)13-9-7-5-4-6-8-10-13/h9,11,15,18H,3-8,10H2,1-2H3/b13-9+. The fourth-order valence-corrected chi connectivity index (χ4v) is 2.69. The Morgan fingerprint density at radius 2 is 2.11 bits per heavy atom. The Bertz CT molecular complexity index is 420. The molecule has 0 saturated heterocycles. The number of rotatable bonds is 3. The Balaban J connectivity index is 2.20. The first-order chi connectivity index (χ1) is 8.72. The van der Waals surface area contributed by atoms with Crippen molar-refractivity contribution in [2.24, 2.45) is 0 Å². The van der Waals surface area contributed by atoms with Gasteiger partial charge in [-0.25, -0.2) is 0 Å². The van der Waals surface area contributed by atoms with E-state index in [-0.39, 0.29) is 0 Å². The number of nitrogens with zero attached hydrogens (tertiary/aromatic N) is 2. The molecule has 0 spiro atoms. The summed E-state index contributed by atoms with van der Waals surface area (Å²) in [5, 5.41) is 15.0.